The molecule has 0 bridgehead atoms. The summed E-state index contributed by atoms with van der Waals surface area (Å²) in [6.07, 6.45) is -4.22. The van der Waals surface area contributed by atoms with Gasteiger partial charge in [0.1, 0.15) is 0 Å². The summed E-state index contributed by atoms with van der Waals surface area (Å²) in [6, 6.07) is 8.77. The molecule has 1 nitrogen and oxygen atoms in total. The molecular weight excluding hydrogens is 287 g/mol. The van der Waals surface area contributed by atoms with E-state index in [0.29, 0.717) is 16.3 Å². The van der Waals surface area contributed by atoms with Gasteiger partial charge in [0.05, 0.1) is 5.56 Å². The van der Waals surface area contributed by atoms with E-state index in [4.69, 9.17) is 17.3 Å². The quantitative estimate of drug-likeness (QED) is 0.789. The van der Waals surface area contributed by atoms with Gasteiger partial charge < -0.3 is 5.73 Å². The van der Waals surface area contributed by atoms with Crippen molar-refractivity contribution in [2.75, 3.05) is 5.73 Å². The lowest BCUT2D eigenvalue weighted by Gasteiger charge is -2.15. The highest BCUT2D eigenvalue weighted by atomic mass is 35.5. The lowest BCUT2D eigenvalue weighted by atomic mass is 9.96. The van der Waals surface area contributed by atoms with Crippen LogP contribution in [0.15, 0.2) is 36.4 Å². The van der Waals surface area contributed by atoms with Crippen molar-refractivity contribution in [3.63, 3.8) is 0 Å². The molecule has 2 aromatic rings. The van der Waals surface area contributed by atoms with E-state index in [2.05, 4.69) is 0 Å². The first-order valence-electron chi connectivity index (χ1n) is 5.98. The fourth-order valence-electron chi connectivity index (χ4n) is 2.10. The van der Waals surface area contributed by atoms with Crippen molar-refractivity contribution < 1.29 is 13.2 Å². The summed E-state index contributed by atoms with van der Waals surface area (Å²) in [7, 11) is 0. The molecule has 2 aromatic carbocycles. The number of nitrogens with two attached hydrogens (primary N) is 1. The largest absolute Gasteiger partial charge is 0.416 e. The molecule has 0 saturated heterocycles. The van der Waals surface area contributed by atoms with E-state index in [0.717, 1.165) is 11.6 Å². The van der Waals surface area contributed by atoms with Crippen LogP contribution in [0.5, 0.6) is 0 Å². The molecule has 5 heteroatoms. The fourth-order valence-corrected chi connectivity index (χ4v) is 2.35. The van der Waals surface area contributed by atoms with Gasteiger partial charge in [0.15, 0.2) is 0 Å². The maximum Gasteiger partial charge on any atom is 0.416 e. The Balaban J connectivity index is 2.46. The molecule has 0 fully saturated rings. The highest BCUT2D eigenvalue weighted by Gasteiger charge is 2.32. The Morgan fingerprint density at radius 1 is 1.10 bits per heavy atom. The second kappa shape index (κ2) is 5.37. The van der Waals surface area contributed by atoms with Crippen LogP contribution in [0.25, 0.3) is 0 Å². The number of anilines is 1. The van der Waals surface area contributed by atoms with Crippen LogP contribution in [0.4, 0.5) is 18.9 Å². The number of hydrogen-bond acceptors (Lipinski definition) is 1. The minimum absolute atomic E-state index is 0.145. The fraction of sp³-hybridized carbons (Fsp3) is 0.200. The molecule has 0 saturated carbocycles. The summed E-state index contributed by atoms with van der Waals surface area (Å²) in [6.45, 7) is 1.77. The average molecular weight is 300 g/mol. The average Bonchev–Trinajstić information content (AvgIpc) is 2.34. The zero-order valence-corrected chi connectivity index (χ0v) is 11.5. The number of halogens is 4. The lowest BCUT2D eigenvalue weighted by Crippen LogP contribution is -2.09. The molecule has 0 spiro atoms. The van der Waals surface area contributed by atoms with Crippen LogP contribution in [0, 0.1) is 6.92 Å². The van der Waals surface area contributed by atoms with E-state index in [9.17, 15) is 13.2 Å². The van der Waals surface area contributed by atoms with Gasteiger partial charge in [-0.25, -0.2) is 0 Å². The lowest BCUT2D eigenvalue weighted by molar-refractivity contribution is -0.138. The van der Waals surface area contributed by atoms with Crippen LogP contribution in [0.2, 0.25) is 5.02 Å². The summed E-state index contributed by atoms with van der Waals surface area (Å²) < 4.78 is 38.9. The topological polar surface area (TPSA) is 26.0 Å². The van der Waals surface area contributed by atoms with Crippen molar-refractivity contribution in [1.29, 1.82) is 0 Å². The molecule has 0 heterocycles. The molecule has 2 N–H and O–H groups in total. The first kappa shape index (κ1) is 14.7. The third-order valence-corrected chi connectivity index (χ3v) is 3.44. The maximum absolute atomic E-state index is 13.0. The minimum atomic E-state index is -4.37. The van der Waals surface area contributed by atoms with Gasteiger partial charge in [-0.2, -0.15) is 13.2 Å². The predicted molar refractivity (Wildman–Crippen MR) is 74.9 cm³/mol. The monoisotopic (exact) mass is 299 g/mol. The van der Waals surface area contributed by atoms with Crippen molar-refractivity contribution in [2.24, 2.45) is 0 Å². The molecular formula is C15H13ClF3N. The summed E-state index contributed by atoms with van der Waals surface area (Å²) >= 11 is 5.92. The third kappa shape index (κ3) is 3.07. The Morgan fingerprint density at radius 3 is 2.40 bits per heavy atom. The number of rotatable bonds is 2. The van der Waals surface area contributed by atoms with Crippen molar-refractivity contribution in [3.8, 4) is 0 Å². The molecule has 0 aliphatic rings. The Hall–Kier alpha value is -1.68. The van der Waals surface area contributed by atoms with Crippen molar-refractivity contribution >= 4 is 17.3 Å². The zero-order chi connectivity index (χ0) is 14.9. The van der Waals surface area contributed by atoms with E-state index in [1.165, 1.54) is 12.1 Å². The predicted octanol–water partition coefficient (Wildman–Crippen LogP) is 4.84. The van der Waals surface area contributed by atoms with Gasteiger partial charge in [-0.15, -0.1) is 0 Å². The van der Waals surface area contributed by atoms with Crippen LogP contribution >= 0.6 is 11.6 Å². The van der Waals surface area contributed by atoms with E-state index < -0.39 is 11.7 Å². The van der Waals surface area contributed by atoms with Gasteiger partial charge in [-0.1, -0.05) is 29.8 Å². The summed E-state index contributed by atoms with van der Waals surface area (Å²) in [5, 5.41) is 0.424. The zero-order valence-electron chi connectivity index (χ0n) is 10.8. The molecule has 20 heavy (non-hydrogen) atoms. The van der Waals surface area contributed by atoms with Gasteiger partial charge in [-0.05, 0) is 48.2 Å². The molecule has 0 amide bonds. The van der Waals surface area contributed by atoms with E-state index in [1.807, 2.05) is 0 Å². The van der Waals surface area contributed by atoms with Crippen molar-refractivity contribution in [3.05, 3.63) is 63.7 Å². The minimum Gasteiger partial charge on any atom is -0.398 e. The summed E-state index contributed by atoms with van der Waals surface area (Å²) in [5.74, 6) is 0. The molecule has 0 unspecified atom stereocenters. The number of benzene rings is 2. The summed E-state index contributed by atoms with van der Waals surface area (Å²) in [4.78, 5) is 0. The molecule has 0 aliphatic carbocycles. The molecule has 0 atom stereocenters. The van der Waals surface area contributed by atoms with Gasteiger partial charge in [0.25, 0.3) is 0 Å². The van der Waals surface area contributed by atoms with Crippen LogP contribution in [0.3, 0.4) is 0 Å². The Kier molecular flexibility index (Phi) is 3.95. The van der Waals surface area contributed by atoms with Crippen LogP contribution in [0.1, 0.15) is 22.3 Å². The first-order chi connectivity index (χ1) is 9.29. The number of nitrogen functional groups attached to an aromatic ring is 1. The maximum atomic E-state index is 13.0. The SMILES string of the molecule is Cc1c(N)cc(Cl)cc1Cc1ccccc1C(F)(F)F. The van der Waals surface area contributed by atoms with E-state index in [1.54, 1.807) is 25.1 Å². The highest BCUT2D eigenvalue weighted by Crippen LogP contribution is 2.34. The van der Waals surface area contributed by atoms with Gasteiger partial charge in [0.2, 0.25) is 0 Å². The Morgan fingerprint density at radius 2 is 1.75 bits per heavy atom. The van der Waals surface area contributed by atoms with E-state index in [-0.39, 0.29) is 12.0 Å². The Labute approximate surface area is 120 Å². The molecule has 0 aromatic heterocycles. The number of hydrogen-bond donors (Lipinski definition) is 1. The van der Waals surface area contributed by atoms with Crippen molar-refractivity contribution in [2.45, 2.75) is 19.5 Å². The smallest absolute Gasteiger partial charge is 0.398 e. The second-order valence-corrected chi connectivity index (χ2v) is 5.05. The van der Waals surface area contributed by atoms with Crippen molar-refractivity contribution in [1.82, 2.24) is 0 Å². The Bertz CT molecular complexity index is 636. The highest BCUT2D eigenvalue weighted by molar-refractivity contribution is 6.31. The summed E-state index contributed by atoms with van der Waals surface area (Å²) in [5.41, 5.74) is 7.32. The second-order valence-electron chi connectivity index (χ2n) is 4.61. The van der Waals surface area contributed by atoms with Crippen LogP contribution in [-0.4, -0.2) is 0 Å². The third-order valence-electron chi connectivity index (χ3n) is 3.22. The number of alkyl halides is 3. The van der Waals surface area contributed by atoms with Gasteiger partial charge in [-0.3, -0.25) is 0 Å². The van der Waals surface area contributed by atoms with E-state index >= 15 is 0 Å². The van der Waals surface area contributed by atoms with Crippen LogP contribution < -0.4 is 5.73 Å². The van der Waals surface area contributed by atoms with Gasteiger partial charge in [0, 0.05) is 10.7 Å². The molecule has 2 rings (SSSR count). The molecule has 0 aliphatic heterocycles. The first-order valence-corrected chi connectivity index (χ1v) is 6.36. The standard InChI is InChI=1S/C15H13ClF3N/c1-9-11(7-12(16)8-14(9)20)6-10-4-2-3-5-13(10)15(17,18)19/h2-5,7-8H,6,20H2,1H3. The normalized spacial score (nSPS) is 11.7. The van der Waals surface area contributed by atoms with Crippen LogP contribution in [-0.2, 0) is 12.6 Å². The molecule has 106 valence electrons. The molecule has 0 radical (unpaired) electrons. The van der Waals surface area contributed by atoms with Gasteiger partial charge >= 0.3 is 6.18 Å².